The quantitative estimate of drug-likeness (QED) is 0.168. The number of pyridine rings is 1. The van der Waals surface area contributed by atoms with Gasteiger partial charge < -0.3 is 4.57 Å². The predicted octanol–water partition coefficient (Wildman–Crippen LogP) is 13.1. The fraction of sp³-hybridized carbons (Fsp3) is 0. The zero-order valence-corrected chi connectivity index (χ0v) is 29.8. The molecular formula is C51H32N4. The van der Waals surface area contributed by atoms with Gasteiger partial charge in [0.2, 0.25) is 0 Å². The van der Waals surface area contributed by atoms with Gasteiger partial charge in [0.1, 0.15) is 0 Å². The maximum absolute atomic E-state index is 5.50. The maximum atomic E-state index is 5.50. The van der Waals surface area contributed by atoms with Gasteiger partial charge in [0.05, 0.1) is 33.5 Å². The summed E-state index contributed by atoms with van der Waals surface area (Å²) in [7, 11) is 0. The molecule has 11 aromatic rings. The normalized spacial score (nSPS) is 11.6. The fourth-order valence-corrected chi connectivity index (χ4v) is 8.23. The molecule has 0 saturated heterocycles. The van der Waals surface area contributed by atoms with E-state index in [-0.39, 0.29) is 0 Å². The van der Waals surface area contributed by atoms with Crippen LogP contribution in [0.3, 0.4) is 0 Å². The van der Waals surface area contributed by atoms with E-state index in [1.165, 1.54) is 32.6 Å². The zero-order valence-electron chi connectivity index (χ0n) is 29.8. The van der Waals surface area contributed by atoms with E-state index in [4.69, 9.17) is 15.0 Å². The van der Waals surface area contributed by atoms with Crippen molar-refractivity contribution in [2.45, 2.75) is 0 Å². The number of fused-ring (bicyclic) bond motifs is 8. The van der Waals surface area contributed by atoms with Crippen molar-refractivity contribution in [1.29, 1.82) is 0 Å². The van der Waals surface area contributed by atoms with Crippen LogP contribution >= 0.6 is 0 Å². The second kappa shape index (κ2) is 12.6. The van der Waals surface area contributed by atoms with Crippen molar-refractivity contribution in [3.05, 3.63) is 194 Å². The smallest absolute Gasteiger partial charge is 0.160 e. The number of hydrogen-bond acceptors (Lipinski definition) is 3. The molecule has 3 aromatic heterocycles. The van der Waals surface area contributed by atoms with E-state index in [0.29, 0.717) is 5.82 Å². The van der Waals surface area contributed by atoms with Gasteiger partial charge >= 0.3 is 0 Å². The Labute approximate surface area is 317 Å². The largest absolute Gasteiger partial charge is 0.309 e. The lowest BCUT2D eigenvalue weighted by molar-refractivity contribution is 1.18. The van der Waals surface area contributed by atoms with Crippen LogP contribution in [0.25, 0.3) is 105 Å². The Kier molecular flexibility index (Phi) is 7.14. The summed E-state index contributed by atoms with van der Waals surface area (Å²) >= 11 is 0. The maximum Gasteiger partial charge on any atom is 0.160 e. The predicted molar refractivity (Wildman–Crippen MR) is 228 cm³/mol. The lowest BCUT2D eigenvalue weighted by Gasteiger charge is -2.14. The summed E-state index contributed by atoms with van der Waals surface area (Å²) in [5.74, 6) is 0.711. The summed E-state index contributed by atoms with van der Waals surface area (Å²) in [6, 6.07) is 68.4. The molecule has 0 aliphatic heterocycles. The minimum atomic E-state index is 0.711. The lowest BCUT2D eigenvalue weighted by atomic mass is 9.94. The van der Waals surface area contributed by atoms with Gasteiger partial charge in [0, 0.05) is 49.3 Å². The van der Waals surface area contributed by atoms with Crippen LogP contribution in [0.4, 0.5) is 0 Å². The van der Waals surface area contributed by atoms with Crippen LogP contribution in [-0.4, -0.2) is 19.5 Å². The first-order valence-corrected chi connectivity index (χ1v) is 18.6. The van der Waals surface area contributed by atoms with Gasteiger partial charge in [-0.1, -0.05) is 158 Å². The highest BCUT2D eigenvalue weighted by Crippen LogP contribution is 2.43. The molecule has 0 aliphatic rings. The van der Waals surface area contributed by atoms with E-state index in [0.717, 1.165) is 66.7 Å². The average molecular weight is 701 g/mol. The molecule has 0 saturated carbocycles. The van der Waals surface area contributed by atoms with Crippen molar-refractivity contribution in [1.82, 2.24) is 19.5 Å². The number of benzene rings is 8. The minimum Gasteiger partial charge on any atom is -0.309 e. The van der Waals surface area contributed by atoms with Gasteiger partial charge in [-0.2, -0.15) is 0 Å². The number of para-hydroxylation sites is 3. The summed E-state index contributed by atoms with van der Waals surface area (Å²) in [6.45, 7) is 0. The summed E-state index contributed by atoms with van der Waals surface area (Å²) in [5.41, 5.74) is 12.7. The first-order valence-electron chi connectivity index (χ1n) is 18.6. The van der Waals surface area contributed by atoms with Crippen molar-refractivity contribution in [3.8, 4) is 50.7 Å². The molecule has 11 rings (SSSR count). The van der Waals surface area contributed by atoms with Crippen LogP contribution in [0.2, 0.25) is 0 Å². The minimum absolute atomic E-state index is 0.711. The van der Waals surface area contributed by atoms with Gasteiger partial charge in [0.15, 0.2) is 5.82 Å². The molecule has 4 nitrogen and oxygen atoms in total. The number of hydrogen-bond donors (Lipinski definition) is 0. The van der Waals surface area contributed by atoms with E-state index in [1.54, 1.807) is 0 Å². The molecule has 0 fully saturated rings. The Balaban J connectivity index is 1.08. The molecule has 8 aromatic carbocycles. The molecule has 0 radical (unpaired) electrons. The Morgan fingerprint density at radius 3 is 1.67 bits per heavy atom. The van der Waals surface area contributed by atoms with Crippen molar-refractivity contribution in [3.63, 3.8) is 0 Å². The van der Waals surface area contributed by atoms with Gasteiger partial charge in [0.25, 0.3) is 0 Å². The van der Waals surface area contributed by atoms with Crippen LogP contribution in [-0.2, 0) is 0 Å². The molecule has 256 valence electrons. The molecular weight excluding hydrogens is 669 g/mol. The Bertz CT molecular complexity index is 3220. The van der Waals surface area contributed by atoms with Gasteiger partial charge in [-0.25, -0.2) is 15.0 Å². The molecule has 0 atom stereocenters. The second-order valence-corrected chi connectivity index (χ2v) is 14.0. The van der Waals surface area contributed by atoms with Gasteiger partial charge in [-0.05, 0) is 52.9 Å². The third-order valence-electron chi connectivity index (χ3n) is 10.8. The topological polar surface area (TPSA) is 43.6 Å². The van der Waals surface area contributed by atoms with E-state index in [1.807, 2.05) is 18.2 Å². The zero-order chi connectivity index (χ0) is 36.3. The SMILES string of the molecule is c1ccc(-c2nc(-c3ccc(-c4ccc5c(c4)nc(-c4ccccc4)c4c5ccc5c4c4ccccc4n5-c4ccccc4)cc3)nc3ccccc23)cc1. The molecule has 3 heterocycles. The number of aromatic nitrogens is 4. The summed E-state index contributed by atoms with van der Waals surface area (Å²) in [4.78, 5) is 15.6. The van der Waals surface area contributed by atoms with Crippen molar-refractivity contribution in [2.24, 2.45) is 0 Å². The molecule has 0 bridgehead atoms. The van der Waals surface area contributed by atoms with Crippen LogP contribution in [0.1, 0.15) is 0 Å². The Morgan fingerprint density at radius 1 is 0.309 bits per heavy atom. The van der Waals surface area contributed by atoms with Crippen molar-refractivity contribution < 1.29 is 0 Å². The monoisotopic (exact) mass is 700 g/mol. The second-order valence-electron chi connectivity index (χ2n) is 14.0. The molecule has 0 aliphatic carbocycles. The third-order valence-corrected chi connectivity index (χ3v) is 10.8. The van der Waals surface area contributed by atoms with Crippen LogP contribution in [0, 0.1) is 0 Å². The summed E-state index contributed by atoms with van der Waals surface area (Å²) in [6.07, 6.45) is 0. The van der Waals surface area contributed by atoms with Crippen molar-refractivity contribution >= 4 is 54.4 Å². The molecule has 0 unspecified atom stereocenters. The van der Waals surface area contributed by atoms with Gasteiger partial charge in [-0.3, -0.25) is 0 Å². The third kappa shape index (κ3) is 5.11. The van der Waals surface area contributed by atoms with E-state index >= 15 is 0 Å². The standard InChI is InChI=1S/C51H32N4/c1-4-14-34(15-5-1)49-41-20-10-12-22-43(41)53-51(54-49)36-26-24-33(25-27-36)37-28-29-39-40-30-31-46-47(48(40)50(52-44(39)32-37)35-16-6-2-7-17-35)42-21-11-13-23-45(42)55(46)38-18-8-3-9-19-38/h1-32H. The summed E-state index contributed by atoms with van der Waals surface area (Å²) < 4.78 is 2.38. The first kappa shape index (κ1) is 31.1. The van der Waals surface area contributed by atoms with E-state index in [9.17, 15) is 0 Å². The van der Waals surface area contributed by atoms with Gasteiger partial charge in [-0.15, -0.1) is 0 Å². The molecule has 4 heteroatoms. The highest BCUT2D eigenvalue weighted by atomic mass is 15.0. The molecule has 55 heavy (non-hydrogen) atoms. The number of rotatable bonds is 5. The molecule has 0 amide bonds. The van der Waals surface area contributed by atoms with Crippen LogP contribution < -0.4 is 0 Å². The van der Waals surface area contributed by atoms with Crippen molar-refractivity contribution in [2.75, 3.05) is 0 Å². The molecule has 0 spiro atoms. The Hall–Kier alpha value is -7.43. The average Bonchev–Trinajstić information content (AvgIpc) is 3.61. The van der Waals surface area contributed by atoms with Crippen LogP contribution in [0.5, 0.6) is 0 Å². The highest BCUT2D eigenvalue weighted by Gasteiger charge is 2.20. The number of nitrogens with zero attached hydrogens (tertiary/aromatic N) is 4. The lowest BCUT2D eigenvalue weighted by Crippen LogP contribution is -1.95. The first-order chi connectivity index (χ1) is 27.3. The fourth-order valence-electron chi connectivity index (χ4n) is 8.23. The molecule has 0 N–H and O–H groups in total. The summed E-state index contributed by atoms with van der Waals surface area (Å²) in [5, 5.41) is 6.97. The Morgan fingerprint density at radius 2 is 0.909 bits per heavy atom. The van der Waals surface area contributed by atoms with Crippen LogP contribution in [0.15, 0.2) is 194 Å². The van der Waals surface area contributed by atoms with E-state index < -0.39 is 0 Å². The highest BCUT2D eigenvalue weighted by molar-refractivity contribution is 6.28. The van der Waals surface area contributed by atoms with E-state index in [2.05, 4.69) is 180 Å².